The molecule has 3 aromatic heterocycles. The molecule has 1 saturated heterocycles. The lowest BCUT2D eigenvalue weighted by atomic mass is 10.0. The number of aromatic nitrogens is 3. The van der Waals surface area contributed by atoms with Crippen LogP contribution in [0.15, 0.2) is 78.2 Å². The Morgan fingerprint density at radius 1 is 0.738 bits per heavy atom. The Balaban J connectivity index is 0.000000270. The van der Waals surface area contributed by atoms with Crippen LogP contribution in [0.25, 0.3) is 0 Å². The van der Waals surface area contributed by atoms with Gasteiger partial charge in [-0.3, -0.25) is 57.8 Å². The molecule has 0 aliphatic carbocycles. The minimum Gasteiger partial charge on any atom is -0.493 e. The van der Waals surface area contributed by atoms with Crippen molar-refractivity contribution in [1.29, 1.82) is 0 Å². The third kappa shape index (κ3) is 19.3. The van der Waals surface area contributed by atoms with Gasteiger partial charge in [-0.1, -0.05) is 19.1 Å². The molecule has 23 nitrogen and oxygen atoms in total. The first kappa shape index (κ1) is 64.6. The molecule has 7 rings (SSSR count). The van der Waals surface area contributed by atoms with Crippen LogP contribution in [0.5, 0.6) is 5.75 Å². The number of amides is 6. The predicted octanol–water partition coefficient (Wildman–Crippen LogP) is 6.02. The maximum atomic E-state index is 13.1. The van der Waals surface area contributed by atoms with E-state index in [9.17, 15) is 47.9 Å². The van der Waals surface area contributed by atoms with Crippen molar-refractivity contribution in [3.05, 3.63) is 107 Å². The van der Waals surface area contributed by atoms with Crippen molar-refractivity contribution in [2.45, 2.75) is 97.9 Å². The van der Waals surface area contributed by atoms with Gasteiger partial charge in [-0.15, -0.1) is 0 Å². The molecule has 3 aliphatic rings. The molecule has 0 bridgehead atoms. The summed E-state index contributed by atoms with van der Waals surface area (Å²) in [6.07, 6.45) is 12.8. The maximum absolute atomic E-state index is 13.1. The van der Waals surface area contributed by atoms with Gasteiger partial charge in [0.15, 0.2) is 5.78 Å². The number of rotatable bonds is 31. The van der Waals surface area contributed by atoms with Crippen molar-refractivity contribution in [2.24, 2.45) is 32.1 Å². The molecule has 0 saturated carbocycles. The van der Waals surface area contributed by atoms with Gasteiger partial charge in [-0.25, -0.2) is 0 Å². The summed E-state index contributed by atoms with van der Waals surface area (Å²) in [7, 11) is 5.44. The standard InChI is InChI=1S/C31H35N5O4.C30H42N4O10/c1-19-9-24-15-32-26-14-29(20(2)10-25(26)31(39)36(24)16-19)40-8-6-7-30(38)33-23-13-27(35(5)18-23)28(37)12-22-11-21(3)34(4)17-22;1-21(30(41)44-14-5-11-31-29(40)26-19-23(20-33(26)3)32-22(2)35)18-25(37)10-15-43-17-16-42-13-4-6-24(36)9-12-34-27(38)7-8-28(34)39/h10-11,13-15,17-18,24H,1,6-9,12,16H2,2-5H3,(H,33,38);7-8,19-21H,4-6,9-18H2,1-3H3,(H,31,40)(H,32,35)/t24-;21-/m11/s1. The molecule has 0 spiro atoms. The smallest absolute Gasteiger partial charge is 0.309 e. The van der Waals surface area contributed by atoms with E-state index >= 15 is 0 Å². The van der Waals surface area contributed by atoms with E-state index in [0.29, 0.717) is 91.8 Å². The second-order valence-electron chi connectivity index (χ2n) is 21.1. The van der Waals surface area contributed by atoms with Crippen LogP contribution in [0, 0.1) is 19.8 Å². The fraction of sp³-hybridized carbons (Fsp3) is 0.459. The Morgan fingerprint density at radius 2 is 1.42 bits per heavy atom. The van der Waals surface area contributed by atoms with E-state index in [0.717, 1.165) is 33.7 Å². The van der Waals surface area contributed by atoms with Crippen molar-refractivity contribution < 1.29 is 66.9 Å². The zero-order valence-corrected chi connectivity index (χ0v) is 49.0. The summed E-state index contributed by atoms with van der Waals surface area (Å²) in [5.74, 6) is -2.18. The Hall–Kier alpha value is -8.57. The number of imide groups is 1. The summed E-state index contributed by atoms with van der Waals surface area (Å²) in [6.45, 7) is 13.4. The molecule has 450 valence electrons. The molecule has 23 heteroatoms. The summed E-state index contributed by atoms with van der Waals surface area (Å²) in [4.78, 5) is 129. The number of anilines is 2. The number of nitrogens with zero attached hydrogens (tertiary/aromatic N) is 6. The summed E-state index contributed by atoms with van der Waals surface area (Å²) in [5.41, 5.74) is 7.14. The van der Waals surface area contributed by atoms with Gasteiger partial charge in [0.25, 0.3) is 23.6 Å². The van der Waals surface area contributed by atoms with E-state index in [1.54, 1.807) is 60.7 Å². The molecule has 3 aliphatic heterocycles. The van der Waals surface area contributed by atoms with Gasteiger partial charge in [0, 0.05) is 142 Å². The number of ketones is 3. The van der Waals surface area contributed by atoms with Gasteiger partial charge in [0.1, 0.15) is 23.0 Å². The van der Waals surface area contributed by atoms with Crippen LogP contribution in [-0.4, -0.2) is 154 Å². The predicted molar refractivity (Wildman–Crippen MR) is 312 cm³/mol. The average molecular weight is 1160 g/mol. The van der Waals surface area contributed by atoms with Crippen LogP contribution in [0.3, 0.4) is 0 Å². The topological polar surface area (TPSA) is 277 Å². The number of Topliss-reactive ketones (excluding diaryl/α,β-unsaturated/α-hetero) is 3. The van der Waals surface area contributed by atoms with E-state index < -0.39 is 23.7 Å². The fourth-order valence-electron chi connectivity index (χ4n) is 9.46. The van der Waals surface area contributed by atoms with Crippen molar-refractivity contribution in [1.82, 2.24) is 28.8 Å². The van der Waals surface area contributed by atoms with Gasteiger partial charge >= 0.3 is 5.97 Å². The first-order valence-corrected chi connectivity index (χ1v) is 28.1. The number of hydrogen-bond acceptors (Lipinski definition) is 15. The van der Waals surface area contributed by atoms with Crippen molar-refractivity contribution in [3.63, 3.8) is 0 Å². The molecule has 6 amide bonds. The SMILES string of the molecule is C=C1C[C@@H]2C=Nc3cc(OCCCC(=O)Nc4cc(C(=O)Cc5cc(C)n(C)c5)n(C)c4)c(C)cc3C(=O)N2C1.CC(=O)Nc1cc(C(=O)NCCCOC(=O)[C@H](C)CC(=O)CCOCCOCCCC(=O)CCN2C(=O)C=CC2=O)n(C)c1. The second kappa shape index (κ2) is 31.2. The highest BCUT2D eigenvalue weighted by atomic mass is 16.5. The second-order valence-corrected chi connectivity index (χ2v) is 21.1. The number of aryl methyl sites for hydroxylation is 5. The fourth-order valence-corrected chi connectivity index (χ4v) is 9.46. The van der Waals surface area contributed by atoms with E-state index in [4.69, 9.17) is 18.9 Å². The van der Waals surface area contributed by atoms with Crippen LogP contribution >= 0.6 is 0 Å². The number of aliphatic imine (C=N–C) groups is 1. The van der Waals surface area contributed by atoms with Crippen LogP contribution in [0.4, 0.5) is 17.1 Å². The minimum atomic E-state index is -0.605. The zero-order valence-electron chi connectivity index (χ0n) is 49.0. The number of fused-ring (bicyclic) bond motifs is 2. The van der Waals surface area contributed by atoms with E-state index in [1.807, 2.05) is 54.9 Å². The molecule has 3 N–H and O–H groups in total. The molecule has 6 heterocycles. The highest BCUT2D eigenvalue weighted by Gasteiger charge is 2.34. The van der Waals surface area contributed by atoms with Crippen LogP contribution < -0.4 is 20.7 Å². The maximum Gasteiger partial charge on any atom is 0.309 e. The quantitative estimate of drug-likeness (QED) is 0.0171. The first-order chi connectivity index (χ1) is 40.1. The molecule has 4 aromatic rings. The van der Waals surface area contributed by atoms with Crippen molar-refractivity contribution >= 4 is 82.0 Å². The lowest BCUT2D eigenvalue weighted by molar-refractivity contribution is -0.149. The van der Waals surface area contributed by atoms with Crippen molar-refractivity contribution in [3.8, 4) is 5.75 Å². The number of carbonyl (C=O) groups excluding carboxylic acids is 10. The molecule has 1 fully saturated rings. The van der Waals surface area contributed by atoms with Gasteiger partial charge in [0.05, 0.1) is 73.3 Å². The lowest BCUT2D eigenvalue weighted by Gasteiger charge is -2.20. The van der Waals surface area contributed by atoms with Crippen LogP contribution in [0.2, 0.25) is 0 Å². The summed E-state index contributed by atoms with van der Waals surface area (Å²) >= 11 is 0. The monoisotopic (exact) mass is 1160 g/mol. The van der Waals surface area contributed by atoms with Crippen molar-refractivity contribution in [2.75, 3.05) is 69.9 Å². The minimum absolute atomic E-state index is 0.00462. The van der Waals surface area contributed by atoms with E-state index in [2.05, 4.69) is 27.5 Å². The number of carbonyl (C=O) groups is 10. The number of ether oxygens (including phenoxy) is 4. The van der Waals surface area contributed by atoms with Gasteiger partial charge in [0.2, 0.25) is 11.8 Å². The third-order valence-corrected chi connectivity index (χ3v) is 14.0. The Bertz CT molecular complexity index is 3140. The lowest BCUT2D eigenvalue weighted by Crippen LogP contribution is -2.35. The van der Waals surface area contributed by atoms with Crippen LogP contribution in [0.1, 0.15) is 120 Å². The Kier molecular flexibility index (Phi) is 24.0. The summed E-state index contributed by atoms with van der Waals surface area (Å²) in [6, 6.07) is 8.86. The largest absolute Gasteiger partial charge is 0.493 e. The highest BCUT2D eigenvalue weighted by molar-refractivity contribution is 6.13. The molecule has 84 heavy (non-hydrogen) atoms. The van der Waals surface area contributed by atoms with Gasteiger partial charge < -0.3 is 53.5 Å². The van der Waals surface area contributed by atoms with Crippen LogP contribution in [-0.2, 0) is 75.3 Å². The number of nitrogens with one attached hydrogen (secondary N) is 3. The summed E-state index contributed by atoms with van der Waals surface area (Å²) in [5, 5.41) is 8.23. The van der Waals surface area contributed by atoms with E-state index in [-0.39, 0.29) is 112 Å². The zero-order chi connectivity index (χ0) is 61.0. The molecule has 1 aromatic carbocycles. The number of esters is 1. The Morgan fingerprint density at radius 3 is 2.12 bits per heavy atom. The molecule has 0 unspecified atom stereocenters. The average Bonchev–Trinajstić information content (AvgIpc) is 4.40. The highest BCUT2D eigenvalue weighted by Crippen LogP contribution is 2.35. The third-order valence-electron chi connectivity index (χ3n) is 14.0. The number of hydrogen-bond donors (Lipinski definition) is 3. The summed E-state index contributed by atoms with van der Waals surface area (Å²) < 4.78 is 27.3. The Labute approximate surface area is 488 Å². The molecule has 2 atom stereocenters. The number of benzene rings is 1. The normalized spacial score (nSPS) is 14.6. The van der Waals surface area contributed by atoms with E-state index in [1.165, 1.54) is 19.1 Å². The van der Waals surface area contributed by atoms with Gasteiger partial charge in [-0.05, 0) is 74.9 Å². The van der Waals surface area contributed by atoms with Gasteiger partial charge in [-0.2, -0.15) is 0 Å². The molecular weight excluding hydrogens is 1080 g/mol. The molecular formula is C61H77N9O14. The molecule has 0 radical (unpaired) electrons. The first-order valence-electron chi connectivity index (χ1n) is 28.1.